The summed E-state index contributed by atoms with van der Waals surface area (Å²) in [5.41, 5.74) is 0. The zero-order chi connectivity index (χ0) is 12.4. The van der Waals surface area contributed by atoms with Gasteiger partial charge in [0, 0.05) is 10.8 Å². The first-order valence-electron chi connectivity index (χ1n) is 5.33. The number of fused-ring (bicyclic) bond motifs is 1. The lowest BCUT2D eigenvalue weighted by Gasteiger charge is -2.07. The molecule has 0 bridgehead atoms. The number of hydrogen-bond donors (Lipinski definition) is 2. The molecule has 6 nitrogen and oxygen atoms in total. The molecule has 7 heteroatoms. The van der Waals surface area contributed by atoms with Crippen LogP contribution in [-0.2, 0) is 6.54 Å². The molecule has 0 aliphatic heterocycles. The topological polar surface area (TPSA) is 79.4 Å². The molecular weight excluding hydrogens is 252 g/mol. The van der Waals surface area contributed by atoms with Crippen molar-refractivity contribution in [3.8, 4) is 0 Å². The number of anilines is 1. The van der Waals surface area contributed by atoms with Crippen LogP contribution in [0.2, 0.25) is 5.15 Å². The number of rotatable bonds is 3. The van der Waals surface area contributed by atoms with E-state index < -0.39 is 0 Å². The van der Waals surface area contributed by atoms with Gasteiger partial charge in [0.15, 0.2) is 11.0 Å². The molecule has 0 amide bonds. The van der Waals surface area contributed by atoms with E-state index >= 15 is 0 Å². The van der Waals surface area contributed by atoms with Gasteiger partial charge < -0.3 is 5.32 Å². The zero-order valence-electron chi connectivity index (χ0n) is 9.26. The molecule has 0 saturated carbocycles. The lowest BCUT2D eigenvalue weighted by Crippen LogP contribution is -2.04. The van der Waals surface area contributed by atoms with E-state index in [1.54, 1.807) is 0 Å². The predicted molar refractivity (Wildman–Crippen MR) is 68.3 cm³/mol. The summed E-state index contributed by atoms with van der Waals surface area (Å²) >= 11 is 6.00. The number of nitrogens with zero attached hydrogens (tertiary/aromatic N) is 4. The van der Waals surface area contributed by atoms with E-state index in [1.807, 2.05) is 24.3 Å². The third-order valence-electron chi connectivity index (χ3n) is 2.53. The molecule has 0 fully saturated rings. The summed E-state index contributed by atoms with van der Waals surface area (Å²) in [6.45, 7) is 0.500. The van der Waals surface area contributed by atoms with Gasteiger partial charge in [0.05, 0.1) is 6.54 Å². The van der Waals surface area contributed by atoms with E-state index in [0.717, 1.165) is 16.6 Å². The molecule has 2 N–H and O–H groups in total. The second-order valence-electron chi connectivity index (χ2n) is 3.67. The third kappa shape index (κ3) is 1.98. The maximum Gasteiger partial charge on any atom is 0.159 e. The minimum absolute atomic E-state index is 0.399. The minimum Gasteiger partial charge on any atom is -0.361 e. The number of benzene rings is 1. The van der Waals surface area contributed by atoms with Crippen molar-refractivity contribution in [1.29, 1.82) is 0 Å². The summed E-state index contributed by atoms with van der Waals surface area (Å²) in [5.74, 6) is 1.40. The lowest BCUT2D eigenvalue weighted by atomic mass is 10.2. The van der Waals surface area contributed by atoms with Crippen LogP contribution in [0.3, 0.4) is 0 Å². The SMILES string of the molecule is Clc1nnc(NCc2ncn[nH]2)c2ccccc12. The van der Waals surface area contributed by atoms with Gasteiger partial charge >= 0.3 is 0 Å². The van der Waals surface area contributed by atoms with Crippen LogP contribution in [0.15, 0.2) is 30.6 Å². The Morgan fingerprint density at radius 2 is 2.00 bits per heavy atom. The lowest BCUT2D eigenvalue weighted by molar-refractivity contribution is 0.936. The highest BCUT2D eigenvalue weighted by atomic mass is 35.5. The smallest absolute Gasteiger partial charge is 0.159 e. The molecule has 0 unspecified atom stereocenters. The molecule has 90 valence electrons. The highest BCUT2D eigenvalue weighted by Gasteiger charge is 2.07. The van der Waals surface area contributed by atoms with Gasteiger partial charge in [-0.05, 0) is 0 Å². The third-order valence-corrected chi connectivity index (χ3v) is 2.81. The average molecular weight is 261 g/mol. The predicted octanol–water partition coefficient (Wildman–Crippen LogP) is 2.01. The van der Waals surface area contributed by atoms with Crippen LogP contribution in [0.4, 0.5) is 5.82 Å². The molecule has 2 aromatic heterocycles. The molecular formula is C11H9ClN6. The Kier molecular flexibility index (Phi) is 2.77. The van der Waals surface area contributed by atoms with Gasteiger partial charge in [0.25, 0.3) is 0 Å². The molecule has 0 radical (unpaired) electrons. The van der Waals surface area contributed by atoms with Crippen molar-refractivity contribution in [3.63, 3.8) is 0 Å². The second kappa shape index (κ2) is 4.58. The number of hydrogen-bond acceptors (Lipinski definition) is 5. The number of H-pyrrole nitrogens is 1. The van der Waals surface area contributed by atoms with Crippen molar-refractivity contribution in [1.82, 2.24) is 25.4 Å². The summed E-state index contributed by atoms with van der Waals surface area (Å²) in [6.07, 6.45) is 1.46. The largest absolute Gasteiger partial charge is 0.361 e. The molecule has 3 aromatic rings. The van der Waals surface area contributed by atoms with Crippen LogP contribution in [-0.4, -0.2) is 25.4 Å². The van der Waals surface area contributed by atoms with E-state index in [-0.39, 0.29) is 0 Å². The van der Waals surface area contributed by atoms with Gasteiger partial charge in [-0.1, -0.05) is 35.9 Å². The van der Waals surface area contributed by atoms with E-state index in [2.05, 4.69) is 30.7 Å². The Labute approximate surface area is 107 Å². The Morgan fingerprint density at radius 1 is 1.17 bits per heavy atom. The molecule has 3 rings (SSSR count). The normalized spacial score (nSPS) is 10.7. The highest BCUT2D eigenvalue weighted by Crippen LogP contribution is 2.25. The number of nitrogens with one attached hydrogen (secondary N) is 2. The Hall–Kier alpha value is -2.21. The molecule has 0 spiro atoms. The second-order valence-corrected chi connectivity index (χ2v) is 4.03. The van der Waals surface area contributed by atoms with E-state index in [1.165, 1.54) is 6.33 Å². The number of aromatic amines is 1. The maximum atomic E-state index is 6.00. The summed E-state index contributed by atoms with van der Waals surface area (Å²) in [4.78, 5) is 4.03. The van der Waals surface area contributed by atoms with Gasteiger partial charge in [0.1, 0.15) is 12.2 Å². The first kappa shape index (κ1) is 10.9. The van der Waals surface area contributed by atoms with Crippen molar-refractivity contribution in [2.75, 3.05) is 5.32 Å². The first-order valence-corrected chi connectivity index (χ1v) is 5.71. The highest BCUT2D eigenvalue weighted by molar-refractivity contribution is 6.34. The molecule has 0 saturated heterocycles. The van der Waals surface area contributed by atoms with Gasteiger partial charge in [0.2, 0.25) is 0 Å². The summed E-state index contributed by atoms with van der Waals surface area (Å²) < 4.78 is 0. The first-order chi connectivity index (χ1) is 8.84. The van der Waals surface area contributed by atoms with Crippen LogP contribution in [0.5, 0.6) is 0 Å². The molecule has 0 aliphatic carbocycles. The molecule has 0 aliphatic rings. The van der Waals surface area contributed by atoms with E-state index in [4.69, 9.17) is 11.6 Å². The van der Waals surface area contributed by atoms with Crippen LogP contribution in [0, 0.1) is 0 Å². The standard InChI is InChI=1S/C11H9ClN6/c12-10-7-3-1-2-4-8(7)11(18-17-10)13-5-9-14-6-15-16-9/h1-4,6H,5H2,(H,13,18)(H,14,15,16). The fourth-order valence-corrected chi connectivity index (χ4v) is 1.89. The van der Waals surface area contributed by atoms with Crippen molar-refractivity contribution in [2.45, 2.75) is 6.54 Å². The fourth-order valence-electron chi connectivity index (χ4n) is 1.69. The number of halogens is 1. The summed E-state index contributed by atoms with van der Waals surface area (Å²) in [7, 11) is 0. The fraction of sp³-hybridized carbons (Fsp3) is 0.0909. The zero-order valence-corrected chi connectivity index (χ0v) is 10.0. The molecule has 2 heterocycles. The Balaban J connectivity index is 1.94. The van der Waals surface area contributed by atoms with E-state index in [0.29, 0.717) is 17.5 Å². The monoisotopic (exact) mass is 260 g/mol. The van der Waals surface area contributed by atoms with Crippen LogP contribution in [0.25, 0.3) is 10.8 Å². The average Bonchev–Trinajstić information content (AvgIpc) is 2.92. The van der Waals surface area contributed by atoms with Crippen molar-refractivity contribution in [3.05, 3.63) is 41.6 Å². The quantitative estimate of drug-likeness (QED) is 0.753. The molecule has 1 aromatic carbocycles. The molecule has 18 heavy (non-hydrogen) atoms. The summed E-state index contributed by atoms with van der Waals surface area (Å²) in [6, 6.07) is 7.70. The van der Waals surface area contributed by atoms with E-state index in [9.17, 15) is 0 Å². The van der Waals surface area contributed by atoms with Gasteiger partial charge in [-0.3, -0.25) is 5.10 Å². The van der Waals surface area contributed by atoms with Crippen LogP contribution in [0.1, 0.15) is 5.82 Å². The summed E-state index contributed by atoms with van der Waals surface area (Å²) in [5, 5.41) is 19.9. The maximum absolute atomic E-state index is 6.00. The molecule has 0 atom stereocenters. The van der Waals surface area contributed by atoms with Crippen molar-refractivity contribution >= 4 is 28.2 Å². The van der Waals surface area contributed by atoms with Crippen LogP contribution >= 0.6 is 11.6 Å². The van der Waals surface area contributed by atoms with Gasteiger partial charge in [-0.25, -0.2) is 4.98 Å². The van der Waals surface area contributed by atoms with Gasteiger partial charge in [-0.2, -0.15) is 5.10 Å². The van der Waals surface area contributed by atoms with Crippen LogP contribution < -0.4 is 5.32 Å². The minimum atomic E-state index is 0.399. The van der Waals surface area contributed by atoms with Crippen molar-refractivity contribution in [2.24, 2.45) is 0 Å². The Morgan fingerprint density at radius 3 is 2.78 bits per heavy atom. The van der Waals surface area contributed by atoms with Crippen molar-refractivity contribution < 1.29 is 0 Å². The Bertz CT molecular complexity index is 666. The van der Waals surface area contributed by atoms with Gasteiger partial charge in [-0.15, -0.1) is 10.2 Å². The number of aromatic nitrogens is 5.